The van der Waals surface area contributed by atoms with Crippen LogP contribution in [0.15, 0.2) is 18.2 Å². The molecule has 0 saturated heterocycles. The van der Waals surface area contributed by atoms with Gasteiger partial charge in [0.15, 0.2) is 0 Å². The lowest BCUT2D eigenvalue weighted by Crippen LogP contribution is -2.31. The van der Waals surface area contributed by atoms with Crippen LogP contribution in [-0.2, 0) is 0 Å². The van der Waals surface area contributed by atoms with Crippen molar-refractivity contribution in [1.29, 1.82) is 0 Å². The predicted octanol–water partition coefficient (Wildman–Crippen LogP) is 4.98. The molecule has 1 aliphatic rings. The van der Waals surface area contributed by atoms with Gasteiger partial charge in [-0.1, -0.05) is 37.6 Å². The standard InChI is InChI=1S/C17H26ClN/c1-11-7-12(2)9-15(8-11)17(19-4)14-6-5-13(3)16(18)10-14/h5-6,10-12,15,17,19H,7-9H2,1-4H3. The Kier molecular flexibility index (Phi) is 4.92. The minimum absolute atomic E-state index is 0.434. The molecule has 0 radical (unpaired) electrons. The molecule has 1 aliphatic carbocycles. The summed E-state index contributed by atoms with van der Waals surface area (Å²) >= 11 is 6.28. The average molecular weight is 280 g/mol. The molecule has 0 aromatic heterocycles. The largest absolute Gasteiger partial charge is 0.313 e. The van der Waals surface area contributed by atoms with Crippen molar-refractivity contribution >= 4 is 11.6 Å². The zero-order valence-electron chi connectivity index (χ0n) is 12.5. The molecule has 1 aromatic carbocycles. The maximum Gasteiger partial charge on any atom is 0.0438 e. The van der Waals surface area contributed by atoms with Crippen LogP contribution in [0.5, 0.6) is 0 Å². The van der Waals surface area contributed by atoms with Crippen LogP contribution < -0.4 is 5.32 Å². The number of hydrogen-bond donors (Lipinski definition) is 1. The fourth-order valence-corrected chi connectivity index (χ4v) is 3.95. The van der Waals surface area contributed by atoms with Gasteiger partial charge in [-0.3, -0.25) is 0 Å². The topological polar surface area (TPSA) is 12.0 Å². The van der Waals surface area contributed by atoms with Crippen molar-refractivity contribution in [2.75, 3.05) is 7.05 Å². The average Bonchev–Trinajstić information content (AvgIpc) is 2.33. The first-order chi connectivity index (χ1) is 9.01. The van der Waals surface area contributed by atoms with Gasteiger partial charge in [-0.15, -0.1) is 0 Å². The predicted molar refractivity (Wildman–Crippen MR) is 83.7 cm³/mol. The molecule has 0 amide bonds. The minimum atomic E-state index is 0.434. The van der Waals surface area contributed by atoms with E-state index in [4.69, 9.17) is 11.6 Å². The second-order valence-electron chi connectivity index (χ2n) is 6.45. The molecule has 0 bridgehead atoms. The van der Waals surface area contributed by atoms with E-state index in [9.17, 15) is 0 Å². The van der Waals surface area contributed by atoms with Crippen LogP contribution in [0.25, 0.3) is 0 Å². The van der Waals surface area contributed by atoms with Crippen LogP contribution in [0.4, 0.5) is 0 Å². The number of halogens is 1. The zero-order chi connectivity index (χ0) is 14.0. The van der Waals surface area contributed by atoms with Crippen LogP contribution in [-0.4, -0.2) is 7.05 Å². The van der Waals surface area contributed by atoms with Gasteiger partial charge in [-0.05, 0) is 68.2 Å². The summed E-state index contributed by atoms with van der Waals surface area (Å²) < 4.78 is 0. The van der Waals surface area contributed by atoms with E-state index in [1.165, 1.54) is 24.8 Å². The van der Waals surface area contributed by atoms with E-state index >= 15 is 0 Å². The molecule has 1 saturated carbocycles. The van der Waals surface area contributed by atoms with Crippen LogP contribution in [0.2, 0.25) is 5.02 Å². The van der Waals surface area contributed by atoms with Crippen molar-refractivity contribution in [3.63, 3.8) is 0 Å². The van der Waals surface area contributed by atoms with Gasteiger partial charge in [-0.2, -0.15) is 0 Å². The quantitative estimate of drug-likeness (QED) is 0.823. The second kappa shape index (κ2) is 6.28. The highest BCUT2D eigenvalue weighted by atomic mass is 35.5. The molecule has 3 unspecified atom stereocenters. The number of nitrogens with one attached hydrogen (secondary N) is 1. The molecule has 2 heteroatoms. The molecule has 0 spiro atoms. The van der Waals surface area contributed by atoms with Gasteiger partial charge >= 0.3 is 0 Å². The Balaban J connectivity index is 2.21. The summed E-state index contributed by atoms with van der Waals surface area (Å²) in [7, 11) is 2.07. The van der Waals surface area contributed by atoms with Gasteiger partial charge in [0.2, 0.25) is 0 Å². The third kappa shape index (κ3) is 3.52. The molecule has 0 aliphatic heterocycles. The number of benzene rings is 1. The first-order valence-electron chi connectivity index (χ1n) is 7.44. The molecule has 19 heavy (non-hydrogen) atoms. The van der Waals surface area contributed by atoms with E-state index in [1.54, 1.807) is 0 Å². The van der Waals surface area contributed by atoms with Gasteiger partial charge in [0.1, 0.15) is 0 Å². The van der Waals surface area contributed by atoms with Crippen LogP contribution in [0, 0.1) is 24.7 Å². The van der Waals surface area contributed by atoms with Crippen molar-refractivity contribution < 1.29 is 0 Å². The first-order valence-corrected chi connectivity index (χ1v) is 7.82. The number of rotatable bonds is 3. The molecular formula is C17H26ClN. The fourth-order valence-electron chi connectivity index (χ4n) is 3.76. The van der Waals surface area contributed by atoms with Crippen molar-refractivity contribution in [3.8, 4) is 0 Å². The summed E-state index contributed by atoms with van der Waals surface area (Å²) in [5, 5.41) is 4.40. The summed E-state index contributed by atoms with van der Waals surface area (Å²) in [5.74, 6) is 2.40. The van der Waals surface area contributed by atoms with E-state index in [-0.39, 0.29) is 0 Å². The summed E-state index contributed by atoms with van der Waals surface area (Å²) in [4.78, 5) is 0. The fraction of sp³-hybridized carbons (Fsp3) is 0.647. The Hall–Kier alpha value is -0.530. The Labute approximate surface area is 122 Å². The Morgan fingerprint density at radius 1 is 1.16 bits per heavy atom. The monoisotopic (exact) mass is 279 g/mol. The van der Waals surface area contributed by atoms with Crippen molar-refractivity contribution in [3.05, 3.63) is 34.3 Å². The maximum absolute atomic E-state index is 6.28. The molecule has 1 aromatic rings. The number of aryl methyl sites for hydroxylation is 1. The van der Waals surface area contributed by atoms with Crippen molar-refractivity contribution in [2.24, 2.45) is 17.8 Å². The van der Waals surface area contributed by atoms with Crippen molar-refractivity contribution in [1.82, 2.24) is 5.32 Å². The molecule has 106 valence electrons. The lowest BCUT2D eigenvalue weighted by atomic mass is 9.72. The third-order valence-corrected chi connectivity index (χ3v) is 4.96. The van der Waals surface area contributed by atoms with E-state index in [1.807, 2.05) is 0 Å². The van der Waals surface area contributed by atoms with Gasteiger partial charge in [0, 0.05) is 11.1 Å². The van der Waals surface area contributed by atoms with E-state index in [2.05, 4.69) is 51.3 Å². The lowest BCUT2D eigenvalue weighted by Gasteiger charge is -2.36. The summed E-state index contributed by atoms with van der Waals surface area (Å²) in [6.45, 7) is 6.83. The molecular weight excluding hydrogens is 254 g/mol. The highest BCUT2D eigenvalue weighted by Crippen LogP contribution is 2.40. The highest BCUT2D eigenvalue weighted by Gasteiger charge is 2.30. The van der Waals surface area contributed by atoms with Gasteiger partial charge in [0.05, 0.1) is 0 Å². The van der Waals surface area contributed by atoms with Crippen LogP contribution in [0.1, 0.15) is 50.3 Å². The summed E-state index contributed by atoms with van der Waals surface area (Å²) in [6, 6.07) is 6.94. The molecule has 1 N–H and O–H groups in total. The molecule has 3 atom stereocenters. The Bertz CT molecular complexity index is 419. The minimum Gasteiger partial charge on any atom is -0.313 e. The third-order valence-electron chi connectivity index (χ3n) is 4.55. The van der Waals surface area contributed by atoms with Gasteiger partial charge in [-0.25, -0.2) is 0 Å². The SMILES string of the molecule is CNC(c1ccc(C)c(Cl)c1)C1CC(C)CC(C)C1. The normalized spacial score (nSPS) is 29.2. The zero-order valence-corrected chi connectivity index (χ0v) is 13.3. The maximum atomic E-state index is 6.28. The summed E-state index contributed by atoms with van der Waals surface area (Å²) in [5.41, 5.74) is 2.50. The number of hydrogen-bond acceptors (Lipinski definition) is 1. The molecule has 1 nitrogen and oxygen atoms in total. The molecule has 2 rings (SSSR count). The Morgan fingerprint density at radius 2 is 1.79 bits per heavy atom. The van der Waals surface area contributed by atoms with Crippen LogP contribution in [0.3, 0.4) is 0 Å². The highest BCUT2D eigenvalue weighted by molar-refractivity contribution is 6.31. The van der Waals surface area contributed by atoms with E-state index in [0.29, 0.717) is 6.04 Å². The van der Waals surface area contributed by atoms with Gasteiger partial charge in [0.25, 0.3) is 0 Å². The molecule has 0 heterocycles. The Morgan fingerprint density at radius 3 is 2.32 bits per heavy atom. The lowest BCUT2D eigenvalue weighted by molar-refractivity contribution is 0.180. The summed E-state index contributed by atoms with van der Waals surface area (Å²) in [6.07, 6.45) is 4.02. The van der Waals surface area contributed by atoms with Gasteiger partial charge < -0.3 is 5.32 Å². The molecule has 1 fully saturated rings. The van der Waals surface area contributed by atoms with Crippen molar-refractivity contribution in [2.45, 2.75) is 46.1 Å². The second-order valence-corrected chi connectivity index (χ2v) is 6.86. The van der Waals surface area contributed by atoms with E-state index in [0.717, 1.165) is 28.3 Å². The first kappa shape index (κ1) is 14.9. The van der Waals surface area contributed by atoms with E-state index < -0.39 is 0 Å². The smallest absolute Gasteiger partial charge is 0.0438 e. The van der Waals surface area contributed by atoms with Crippen LogP contribution >= 0.6 is 11.6 Å².